The molecule has 0 spiro atoms. The zero-order valence-corrected chi connectivity index (χ0v) is 15.8. The molecular formula is C22H21N3O4. The number of hydrogen-bond acceptors (Lipinski definition) is 5. The molecule has 1 fully saturated rings. The summed E-state index contributed by atoms with van der Waals surface area (Å²) in [5, 5.41) is 6.70. The summed E-state index contributed by atoms with van der Waals surface area (Å²) in [6.45, 7) is 1.17. The average molecular weight is 391 g/mol. The highest BCUT2D eigenvalue weighted by Gasteiger charge is 2.24. The van der Waals surface area contributed by atoms with Crippen LogP contribution < -0.4 is 11.0 Å². The minimum Gasteiger partial charge on any atom is -0.381 e. The fourth-order valence-electron chi connectivity index (χ4n) is 3.34. The Bertz CT molecular complexity index is 1030. The smallest absolute Gasteiger partial charge is 0.281 e. The predicted octanol–water partition coefficient (Wildman–Crippen LogP) is 2.94. The van der Waals surface area contributed by atoms with Gasteiger partial charge in [0.15, 0.2) is 0 Å². The van der Waals surface area contributed by atoms with E-state index >= 15 is 0 Å². The molecule has 1 saturated heterocycles. The van der Waals surface area contributed by atoms with Crippen molar-refractivity contribution in [1.29, 1.82) is 0 Å². The van der Waals surface area contributed by atoms with Gasteiger partial charge >= 0.3 is 0 Å². The second-order valence-electron chi connectivity index (χ2n) is 6.74. The van der Waals surface area contributed by atoms with Crippen molar-refractivity contribution in [3.63, 3.8) is 0 Å². The molecule has 0 saturated carbocycles. The zero-order valence-electron chi connectivity index (χ0n) is 15.8. The van der Waals surface area contributed by atoms with Crippen LogP contribution in [0.5, 0.6) is 0 Å². The molecule has 0 atom stereocenters. The number of rotatable bonds is 5. The number of nitrogens with zero attached hydrogens (tertiary/aromatic N) is 1. The molecule has 2 heterocycles. The highest BCUT2D eigenvalue weighted by atomic mass is 16.7. The van der Waals surface area contributed by atoms with Crippen LogP contribution in [0.3, 0.4) is 0 Å². The highest BCUT2D eigenvalue weighted by molar-refractivity contribution is 6.03. The van der Waals surface area contributed by atoms with E-state index in [4.69, 9.17) is 9.57 Å². The van der Waals surface area contributed by atoms with Gasteiger partial charge in [-0.3, -0.25) is 14.4 Å². The third-order valence-corrected chi connectivity index (χ3v) is 4.81. The Morgan fingerprint density at radius 3 is 2.28 bits per heavy atom. The van der Waals surface area contributed by atoms with Crippen LogP contribution in [0.2, 0.25) is 0 Å². The van der Waals surface area contributed by atoms with E-state index in [9.17, 15) is 9.59 Å². The Labute approximate surface area is 167 Å². The molecule has 0 unspecified atom stereocenters. The molecule has 1 aliphatic heterocycles. The summed E-state index contributed by atoms with van der Waals surface area (Å²) in [5.41, 5.74) is 4.36. The molecule has 2 aromatic carbocycles. The molecule has 0 bridgehead atoms. The van der Waals surface area contributed by atoms with Gasteiger partial charge in [-0.15, -0.1) is 0 Å². The van der Waals surface area contributed by atoms with Crippen molar-refractivity contribution in [2.24, 2.45) is 0 Å². The molecule has 148 valence electrons. The minimum atomic E-state index is -0.601. The van der Waals surface area contributed by atoms with E-state index < -0.39 is 11.5 Å². The molecule has 0 aliphatic carbocycles. The molecule has 3 aromatic rings. The lowest BCUT2D eigenvalue weighted by molar-refractivity contribution is -0.0673. The predicted molar refractivity (Wildman–Crippen MR) is 108 cm³/mol. The largest absolute Gasteiger partial charge is 0.381 e. The van der Waals surface area contributed by atoms with E-state index in [0.717, 1.165) is 11.1 Å². The van der Waals surface area contributed by atoms with Crippen LogP contribution in [0, 0.1) is 0 Å². The van der Waals surface area contributed by atoms with Crippen molar-refractivity contribution < 1.29 is 14.4 Å². The number of aromatic amines is 1. The van der Waals surface area contributed by atoms with Gasteiger partial charge in [0, 0.05) is 24.3 Å². The minimum absolute atomic E-state index is 0.0305. The van der Waals surface area contributed by atoms with Crippen molar-refractivity contribution >= 4 is 5.91 Å². The zero-order chi connectivity index (χ0) is 20.1. The normalized spacial score (nSPS) is 14.5. The molecular weight excluding hydrogens is 370 g/mol. The first-order chi connectivity index (χ1) is 14.2. The summed E-state index contributed by atoms with van der Waals surface area (Å²) < 4.78 is 5.30. The van der Waals surface area contributed by atoms with Crippen LogP contribution in [-0.2, 0) is 9.57 Å². The van der Waals surface area contributed by atoms with E-state index in [1.807, 2.05) is 60.7 Å². The fraction of sp³-hybridized carbons (Fsp3) is 0.227. The summed E-state index contributed by atoms with van der Waals surface area (Å²) in [6.07, 6.45) is 1.24. The van der Waals surface area contributed by atoms with Crippen molar-refractivity contribution in [3.05, 3.63) is 76.6 Å². The van der Waals surface area contributed by atoms with E-state index in [-0.39, 0.29) is 11.7 Å². The fourth-order valence-corrected chi connectivity index (χ4v) is 3.34. The first-order valence-electron chi connectivity index (χ1n) is 9.51. The van der Waals surface area contributed by atoms with Crippen LogP contribution in [0.15, 0.2) is 65.5 Å². The third-order valence-electron chi connectivity index (χ3n) is 4.81. The lowest BCUT2D eigenvalue weighted by atomic mass is 9.95. The number of aromatic nitrogens is 2. The summed E-state index contributed by atoms with van der Waals surface area (Å²) in [4.78, 5) is 31.1. The maximum Gasteiger partial charge on any atom is 0.281 e. The lowest BCUT2D eigenvalue weighted by Crippen LogP contribution is -2.36. The van der Waals surface area contributed by atoms with Crippen molar-refractivity contribution in [1.82, 2.24) is 15.7 Å². The van der Waals surface area contributed by atoms with Crippen LogP contribution in [0.25, 0.3) is 22.4 Å². The Hall–Kier alpha value is -3.29. The van der Waals surface area contributed by atoms with Gasteiger partial charge < -0.3 is 4.74 Å². The van der Waals surface area contributed by atoms with Crippen LogP contribution >= 0.6 is 0 Å². The number of H-pyrrole nitrogens is 1. The van der Waals surface area contributed by atoms with Crippen molar-refractivity contribution in [2.45, 2.75) is 18.9 Å². The molecule has 2 N–H and O–H groups in total. The van der Waals surface area contributed by atoms with Gasteiger partial charge in [-0.1, -0.05) is 60.7 Å². The van der Waals surface area contributed by atoms with Crippen LogP contribution in [-0.4, -0.2) is 35.4 Å². The first-order valence-corrected chi connectivity index (χ1v) is 9.51. The van der Waals surface area contributed by atoms with Gasteiger partial charge in [-0.05, 0) is 18.4 Å². The monoisotopic (exact) mass is 391 g/mol. The number of benzene rings is 2. The maximum absolute atomic E-state index is 13.0. The third kappa shape index (κ3) is 4.26. The highest BCUT2D eigenvalue weighted by Crippen LogP contribution is 2.31. The number of ether oxygens (including phenoxy) is 1. The topological polar surface area (TPSA) is 93.3 Å². The second-order valence-corrected chi connectivity index (χ2v) is 6.74. The van der Waals surface area contributed by atoms with Gasteiger partial charge in [0.25, 0.3) is 11.5 Å². The molecule has 1 amide bonds. The van der Waals surface area contributed by atoms with Crippen LogP contribution in [0.4, 0.5) is 0 Å². The van der Waals surface area contributed by atoms with Crippen molar-refractivity contribution in [2.75, 3.05) is 13.2 Å². The molecule has 7 nitrogen and oxygen atoms in total. The van der Waals surface area contributed by atoms with Crippen LogP contribution in [0.1, 0.15) is 23.2 Å². The van der Waals surface area contributed by atoms with E-state index in [0.29, 0.717) is 37.3 Å². The molecule has 0 radical (unpaired) electrons. The van der Waals surface area contributed by atoms with Gasteiger partial charge in [0.2, 0.25) is 0 Å². The number of hydroxylamine groups is 1. The molecule has 1 aromatic heterocycles. The summed E-state index contributed by atoms with van der Waals surface area (Å²) in [7, 11) is 0. The van der Waals surface area contributed by atoms with E-state index in [2.05, 4.69) is 15.7 Å². The first kappa shape index (κ1) is 19.0. The number of nitrogens with one attached hydrogen (secondary N) is 2. The maximum atomic E-state index is 13.0. The Morgan fingerprint density at radius 1 is 1.00 bits per heavy atom. The summed E-state index contributed by atoms with van der Waals surface area (Å²) in [5.74, 6) is -0.601. The molecule has 1 aliphatic rings. The molecule has 29 heavy (non-hydrogen) atoms. The van der Waals surface area contributed by atoms with Gasteiger partial charge in [0.1, 0.15) is 5.56 Å². The van der Waals surface area contributed by atoms with Gasteiger partial charge in [-0.2, -0.15) is 5.10 Å². The Morgan fingerprint density at radius 2 is 1.62 bits per heavy atom. The second kappa shape index (κ2) is 8.81. The quantitative estimate of drug-likeness (QED) is 0.653. The summed E-state index contributed by atoms with van der Waals surface area (Å²) >= 11 is 0. The van der Waals surface area contributed by atoms with E-state index in [1.54, 1.807) is 0 Å². The number of hydrogen-bond donors (Lipinski definition) is 2. The number of amides is 1. The number of carbonyl (C=O) groups is 1. The lowest BCUT2D eigenvalue weighted by Gasteiger charge is -2.22. The van der Waals surface area contributed by atoms with Gasteiger partial charge in [-0.25, -0.2) is 10.6 Å². The Balaban J connectivity index is 1.76. The molecule has 7 heteroatoms. The Kier molecular flexibility index (Phi) is 5.79. The number of carbonyl (C=O) groups excluding carboxylic acids is 1. The average Bonchev–Trinajstić information content (AvgIpc) is 2.79. The molecule has 4 rings (SSSR count). The van der Waals surface area contributed by atoms with Gasteiger partial charge in [0.05, 0.1) is 11.8 Å². The van der Waals surface area contributed by atoms with E-state index in [1.165, 1.54) is 0 Å². The SMILES string of the molecule is O=C(NOC1CCOCC1)c1c(-c2ccccc2)c(-c2ccccc2)n[nH]c1=O. The van der Waals surface area contributed by atoms with Crippen molar-refractivity contribution in [3.8, 4) is 22.4 Å². The standard InChI is InChI=1S/C22H21N3O4/c26-21-19(22(27)25-29-17-11-13-28-14-12-17)18(15-7-3-1-4-8-15)20(23-24-21)16-9-5-2-6-10-16/h1-10,17H,11-14H2,(H,24,26)(H,25,27). The summed E-state index contributed by atoms with van der Waals surface area (Å²) in [6, 6.07) is 18.7.